The van der Waals surface area contributed by atoms with Crippen LogP contribution in [0.1, 0.15) is 24.9 Å². The van der Waals surface area contributed by atoms with E-state index in [1.807, 2.05) is 0 Å². The minimum Gasteiger partial charge on any atom is -0.379 e. The molecule has 1 aliphatic rings. The highest BCUT2D eigenvalue weighted by molar-refractivity contribution is 5.76. The van der Waals surface area contributed by atoms with Gasteiger partial charge < -0.3 is 14.5 Å². The number of carbonyl (C=O) groups is 1. The molecule has 1 amide bonds. The number of H-pyrrole nitrogens is 1. The smallest absolute Gasteiger partial charge is 0.379 e. The fourth-order valence-electron chi connectivity index (χ4n) is 4.10. The number of halogens is 3. The van der Waals surface area contributed by atoms with E-state index in [2.05, 4.69) is 20.2 Å². The van der Waals surface area contributed by atoms with E-state index in [9.17, 15) is 27.6 Å². The normalized spacial score (nSPS) is 15.5. The molecule has 4 heterocycles. The Morgan fingerprint density at radius 1 is 1.14 bits per heavy atom. The van der Waals surface area contributed by atoms with E-state index in [1.165, 1.54) is 22.4 Å². The lowest BCUT2D eigenvalue weighted by Gasteiger charge is -2.34. The summed E-state index contributed by atoms with van der Waals surface area (Å²) in [5.74, 6) is 0.0713. The van der Waals surface area contributed by atoms with Crippen molar-refractivity contribution in [1.29, 1.82) is 0 Å². The van der Waals surface area contributed by atoms with E-state index in [-0.39, 0.29) is 42.7 Å². The number of rotatable bonds is 7. The third-order valence-corrected chi connectivity index (χ3v) is 6.04. The van der Waals surface area contributed by atoms with Gasteiger partial charge in [-0.2, -0.15) is 18.3 Å². The predicted octanol–water partition coefficient (Wildman–Crippen LogP) is 0.549. The minimum absolute atomic E-state index is 0.117. The van der Waals surface area contributed by atoms with Gasteiger partial charge in [0.25, 0.3) is 5.56 Å². The van der Waals surface area contributed by atoms with Crippen LogP contribution < -0.4 is 16.1 Å². The minimum atomic E-state index is -4.50. The summed E-state index contributed by atoms with van der Waals surface area (Å²) in [5, 5.41) is 6.07. The Balaban J connectivity index is 1.24. The first kappa shape index (κ1) is 25.3. The van der Waals surface area contributed by atoms with Gasteiger partial charge in [0.15, 0.2) is 0 Å². The third-order valence-electron chi connectivity index (χ3n) is 6.04. The third kappa shape index (κ3) is 5.10. The second kappa shape index (κ2) is 10.1. The average molecular weight is 510 g/mol. The largest absolute Gasteiger partial charge is 0.419 e. The molecular weight excluding hydrogens is 485 g/mol. The first-order valence-corrected chi connectivity index (χ1v) is 11.2. The molecule has 0 saturated carbocycles. The summed E-state index contributed by atoms with van der Waals surface area (Å²) in [6, 6.07) is -0.396. The number of anilines is 1. The van der Waals surface area contributed by atoms with Crippen molar-refractivity contribution >= 4 is 22.9 Å². The van der Waals surface area contributed by atoms with Gasteiger partial charge in [0, 0.05) is 45.6 Å². The van der Waals surface area contributed by atoms with Crippen molar-refractivity contribution in [1.82, 2.24) is 34.2 Å². The first-order valence-electron chi connectivity index (χ1n) is 11.2. The van der Waals surface area contributed by atoms with Crippen LogP contribution in [0.25, 0.3) is 11.0 Å². The molecule has 1 unspecified atom stereocenters. The Bertz CT molecular complexity index is 1340. The van der Waals surface area contributed by atoms with Crippen molar-refractivity contribution in [2.75, 3.05) is 44.3 Å². The summed E-state index contributed by atoms with van der Waals surface area (Å²) in [4.78, 5) is 48.1. The second-order valence-corrected chi connectivity index (χ2v) is 8.46. The lowest BCUT2D eigenvalue weighted by atomic mass is 10.3. The highest BCUT2D eigenvalue weighted by Crippen LogP contribution is 2.28. The van der Waals surface area contributed by atoms with E-state index in [4.69, 9.17) is 4.74 Å². The molecule has 12 nitrogen and oxygen atoms in total. The Morgan fingerprint density at radius 2 is 1.81 bits per heavy atom. The van der Waals surface area contributed by atoms with Crippen molar-refractivity contribution in [3.05, 3.63) is 45.0 Å². The van der Waals surface area contributed by atoms with Crippen LogP contribution in [0.5, 0.6) is 0 Å². The number of aromatic amines is 1. The second-order valence-electron chi connectivity index (χ2n) is 8.46. The molecule has 1 atom stereocenters. The number of nitrogens with zero attached hydrogens (tertiary/aromatic N) is 7. The number of aryl methyl sites for hydroxylation is 1. The number of hydrogen-bond acceptors (Lipinski definition) is 8. The number of piperazine rings is 1. The quantitative estimate of drug-likeness (QED) is 0.456. The number of carbonyl (C=O) groups excluding carboxylic acids is 1. The summed E-state index contributed by atoms with van der Waals surface area (Å²) in [7, 11) is 1.51. The Hall–Kier alpha value is -3.75. The number of ether oxygens (including phenoxy) is 1. The standard InChI is InChI=1S/C21H25F3N8O4/c1-13(32-15-11-27-28-18(34)17(15)29(2)20(32)35)12-36-8-3-16(33)30-4-6-31(7-5-30)19-25-9-14(10-26-19)21(22,23)24/h9-11,13H,3-8,12H2,1-2H3,(H,28,34). The van der Waals surface area contributed by atoms with E-state index in [0.29, 0.717) is 31.7 Å². The Kier molecular flexibility index (Phi) is 7.10. The topological polar surface area (TPSA) is 131 Å². The van der Waals surface area contributed by atoms with Gasteiger partial charge in [0.05, 0.1) is 43.0 Å². The molecule has 1 saturated heterocycles. The Labute approximate surface area is 202 Å². The molecule has 1 fully saturated rings. The van der Waals surface area contributed by atoms with Crippen LogP contribution in [0.3, 0.4) is 0 Å². The summed E-state index contributed by atoms with van der Waals surface area (Å²) < 4.78 is 46.4. The molecular formula is C21H25F3N8O4. The highest BCUT2D eigenvalue weighted by atomic mass is 19.4. The molecule has 3 aromatic rings. The van der Waals surface area contributed by atoms with Crippen molar-refractivity contribution < 1.29 is 22.7 Å². The first-order chi connectivity index (χ1) is 17.1. The van der Waals surface area contributed by atoms with Gasteiger partial charge in [-0.1, -0.05) is 0 Å². The molecule has 0 bridgehead atoms. The molecule has 0 aliphatic carbocycles. The SMILES string of the molecule is CC(COCCC(=O)N1CCN(c2ncc(C(F)(F)F)cn2)CC1)n1c(=O)n(C)c2c(=O)[nH]ncc21. The van der Waals surface area contributed by atoms with E-state index >= 15 is 0 Å². The zero-order chi connectivity index (χ0) is 26.0. The van der Waals surface area contributed by atoms with Crippen LogP contribution in [-0.4, -0.2) is 79.5 Å². The lowest BCUT2D eigenvalue weighted by molar-refractivity contribution is -0.138. The number of aromatic nitrogens is 6. The predicted molar refractivity (Wildman–Crippen MR) is 122 cm³/mol. The summed E-state index contributed by atoms with van der Waals surface area (Å²) in [6.07, 6.45) is -1.45. The number of imidazole rings is 1. The molecule has 0 spiro atoms. The molecule has 36 heavy (non-hydrogen) atoms. The number of nitrogens with one attached hydrogen (secondary N) is 1. The molecule has 3 aromatic heterocycles. The number of amides is 1. The fraction of sp³-hybridized carbons (Fsp3) is 0.524. The van der Waals surface area contributed by atoms with E-state index in [1.54, 1.807) is 16.7 Å². The van der Waals surface area contributed by atoms with Crippen molar-refractivity contribution in [2.24, 2.45) is 7.05 Å². The van der Waals surface area contributed by atoms with Crippen molar-refractivity contribution in [3.63, 3.8) is 0 Å². The van der Waals surface area contributed by atoms with Crippen molar-refractivity contribution in [3.8, 4) is 0 Å². The number of hydrogen-bond donors (Lipinski definition) is 1. The van der Waals surface area contributed by atoms with Crippen LogP contribution in [0.2, 0.25) is 0 Å². The number of fused-ring (bicyclic) bond motifs is 1. The zero-order valence-electron chi connectivity index (χ0n) is 19.7. The van der Waals surface area contributed by atoms with Gasteiger partial charge in [-0.15, -0.1) is 0 Å². The molecule has 15 heteroatoms. The maximum absolute atomic E-state index is 12.7. The molecule has 1 aliphatic heterocycles. The van der Waals surface area contributed by atoms with E-state index < -0.39 is 23.3 Å². The lowest BCUT2D eigenvalue weighted by Crippen LogP contribution is -2.49. The van der Waals surface area contributed by atoms with Crippen LogP contribution >= 0.6 is 0 Å². The molecule has 1 N–H and O–H groups in total. The summed E-state index contributed by atoms with van der Waals surface area (Å²) in [5.41, 5.74) is -1.13. The maximum Gasteiger partial charge on any atom is 0.419 e. The molecule has 0 aromatic carbocycles. The van der Waals surface area contributed by atoms with Gasteiger partial charge in [0.2, 0.25) is 11.9 Å². The average Bonchev–Trinajstić information content (AvgIpc) is 3.12. The van der Waals surface area contributed by atoms with Gasteiger partial charge in [-0.25, -0.2) is 19.9 Å². The van der Waals surface area contributed by atoms with Gasteiger partial charge in [0.1, 0.15) is 5.52 Å². The fourth-order valence-corrected chi connectivity index (χ4v) is 4.10. The maximum atomic E-state index is 12.7. The van der Waals surface area contributed by atoms with Crippen LogP contribution in [0, 0.1) is 0 Å². The van der Waals surface area contributed by atoms with Crippen LogP contribution in [-0.2, 0) is 22.8 Å². The molecule has 4 rings (SSSR count). The summed E-state index contributed by atoms with van der Waals surface area (Å²) >= 11 is 0. The van der Waals surface area contributed by atoms with Crippen LogP contribution in [0.4, 0.5) is 19.1 Å². The van der Waals surface area contributed by atoms with Crippen molar-refractivity contribution in [2.45, 2.75) is 25.6 Å². The highest BCUT2D eigenvalue weighted by Gasteiger charge is 2.32. The summed E-state index contributed by atoms with van der Waals surface area (Å²) in [6.45, 7) is 3.62. The Morgan fingerprint density at radius 3 is 2.44 bits per heavy atom. The van der Waals surface area contributed by atoms with Crippen LogP contribution in [0.15, 0.2) is 28.2 Å². The number of alkyl halides is 3. The van der Waals surface area contributed by atoms with Gasteiger partial charge in [-0.3, -0.25) is 18.7 Å². The molecule has 0 radical (unpaired) electrons. The molecule has 194 valence electrons. The van der Waals surface area contributed by atoms with Gasteiger partial charge in [-0.05, 0) is 6.92 Å². The van der Waals surface area contributed by atoms with Gasteiger partial charge >= 0.3 is 11.9 Å². The zero-order valence-corrected chi connectivity index (χ0v) is 19.7. The monoisotopic (exact) mass is 510 g/mol. The van der Waals surface area contributed by atoms with E-state index in [0.717, 1.165) is 12.4 Å².